The molecule has 6 aromatic heterocycles. The Bertz CT molecular complexity index is 5750. The highest BCUT2D eigenvalue weighted by Crippen LogP contribution is 2.44. The molecule has 622 valence electrons. The van der Waals surface area contributed by atoms with Crippen molar-refractivity contribution in [2.24, 2.45) is 33.0 Å². The number of anilines is 4. The summed E-state index contributed by atoms with van der Waals surface area (Å²) in [6.07, 6.45) is 3.67. The van der Waals surface area contributed by atoms with Crippen molar-refractivity contribution < 1.29 is 64.6 Å². The van der Waals surface area contributed by atoms with Gasteiger partial charge in [0, 0.05) is 126 Å². The molecule has 6 aliphatic rings. The summed E-state index contributed by atoms with van der Waals surface area (Å²) in [5, 5.41) is 16.5. The number of aromatic nitrogens is 9. The van der Waals surface area contributed by atoms with Gasteiger partial charge in [-0.25, -0.2) is 19.6 Å². The Labute approximate surface area is 674 Å². The summed E-state index contributed by atoms with van der Waals surface area (Å²) in [5.74, 6) is -2.56. The van der Waals surface area contributed by atoms with Crippen LogP contribution in [0.2, 0.25) is 0 Å². The number of imide groups is 2. The fraction of sp³-hybridized carbons (Fsp3) is 0.471. The highest BCUT2D eigenvalue weighted by Gasteiger charge is 2.40. The number of fused-ring (bicyclic) bond motifs is 4. The minimum Gasteiger partial charge on any atom is -0.494 e. The van der Waals surface area contributed by atoms with Crippen LogP contribution in [0, 0.1) is 18.8 Å². The van der Waals surface area contributed by atoms with Crippen molar-refractivity contribution >= 4 is 102 Å². The topological polar surface area (TPSA) is 284 Å². The van der Waals surface area contributed by atoms with Crippen molar-refractivity contribution in [1.82, 2.24) is 63.0 Å². The third kappa shape index (κ3) is 15.7. The molecule has 2 unspecified atom stereocenters. The first-order chi connectivity index (χ1) is 56.4. The maximum Gasteiger partial charge on any atom is 0.433 e. The lowest BCUT2D eigenvalue weighted by Gasteiger charge is -2.40. The first kappa shape index (κ1) is 80.4. The number of aryl methyl sites for hydroxylation is 4. The van der Waals surface area contributed by atoms with Crippen LogP contribution in [0.25, 0.3) is 43.9 Å². The van der Waals surface area contributed by atoms with E-state index in [0.717, 1.165) is 180 Å². The lowest BCUT2D eigenvalue weighted by Crippen LogP contribution is -2.45. The number of carbonyl (C=O) groups is 6. The second kappa shape index (κ2) is 32.2. The van der Waals surface area contributed by atoms with Crippen LogP contribution in [0.3, 0.4) is 0 Å². The van der Waals surface area contributed by atoms with Gasteiger partial charge in [0.05, 0.1) is 69.0 Å². The molecule has 0 spiro atoms. The molecule has 6 amide bonds. The van der Waals surface area contributed by atoms with Crippen molar-refractivity contribution in [3.8, 4) is 11.5 Å². The number of amides is 6. The molecule has 27 nitrogen and oxygen atoms in total. The van der Waals surface area contributed by atoms with E-state index in [-0.39, 0.29) is 89.3 Å². The van der Waals surface area contributed by atoms with Crippen LogP contribution in [0.15, 0.2) is 107 Å². The van der Waals surface area contributed by atoms with Crippen molar-refractivity contribution in [1.29, 1.82) is 0 Å². The average molecular weight is 1630 g/mol. The van der Waals surface area contributed by atoms with E-state index in [2.05, 4.69) is 64.9 Å². The number of alkyl halides is 6. The number of nitrogens with zero attached hydrogens (tertiary/aromatic N) is 13. The van der Waals surface area contributed by atoms with Crippen LogP contribution in [-0.2, 0) is 59.3 Å². The molecular formula is C85H95F6N17O10. The molecular weight excluding hydrogens is 1530 g/mol. The number of hydrogen-bond acceptors (Lipinski definition) is 17. The van der Waals surface area contributed by atoms with Crippen LogP contribution in [0.5, 0.6) is 11.5 Å². The fourth-order valence-electron chi connectivity index (χ4n) is 19.2. The SMILES string of the molecule is COc1cc2nn(C3CCC(CN(C)C4CCN(c5c(C)ccc6c5n(C)c(=O)n6C5CCC(=O)NC5=O)CC4)CC3)cc2cc1NC(=O)c1nc(C(F)(F)F)ccc1COc1cc2c(cc1NC(=O)c1cccc(C(F)(F)F)n1)cc(C1CCC(CN(C)C3CCN(c4cccc5c4n(C)c(=O)n5C4CCC(=O)NC4=O)CC3)CC1)n2C. The zero-order chi connectivity index (χ0) is 83.1. The van der Waals surface area contributed by atoms with Gasteiger partial charge in [-0.1, -0.05) is 24.3 Å². The summed E-state index contributed by atoms with van der Waals surface area (Å²) in [7, 11) is 11.1. The van der Waals surface area contributed by atoms with E-state index in [1.165, 1.54) is 16.2 Å². The third-order valence-corrected chi connectivity index (χ3v) is 25.6. The molecule has 0 bridgehead atoms. The Morgan fingerprint density at radius 3 is 1.74 bits per heavy atom. The fourth-order valence-corrected chi connectivity index (χ4v) is 19.2. The summed E-state index contributed by atoms with van der Waals surface area (Å²) in [4.78, 5) is 123. The predicted octanol–water partition coefficient (Wildman–Crippen LogP) is 12.2. The zero-order valence-electron chi connectivity index (χ0n) is 66.8. The highest BCUT2D eigenvalue weighted by molar-refractivity contribution is 6.07. The summed E-state index contributed by atoms with van der Waals surface area (Å²) < 4.78 is 108. The van der Waals surface area contributed by atoms with Crippen LogP contribution in [0.4, 0.5) is 49.1 Å². The van der Waals surface area contributed by atoms with Crippen LogP contribution in [-0.4, -0.2) is 160 Å². The van der Waals surface area contributed by atoms with Gasteiger partial charge in [-0.15, -0.1) is 0 Å². The molecule has 2 atom stereocenters. The first-order valence-electron chi connectivity index (χ1n) is 40.5. The minimum absolute atomic E-state index is 0.00847. The molecule has 4 saturated heterocycles. The third-order valence-electron chi connectivity index (χ3n) is 25.6. The maximum absolute atomic E-state index is 14.7. The number of methoxy groups -OCH3 is 1. The second-order valence-electron chi connectivity index (χ2n) is 32.9. The molecule has 10 heterocycles. The Kier molecular flexibility index (Phi) is 21.9. The molecule has 10 aromatic rings. The van der Waals surface area contributed by atoms with Gasteiger partial charge in [0.2, 0.25) is 23.6 Å². The predicted molar refractivity (Wildman–Crippen MR) is 431 cm³/mol. The number of benzene rings is 4. The summed E-state index contributed by atoms with van der Waals surface area (Å²) in [6, 6.07) is 22.1. The largest absolute Gasteiger partial charge is 0.494 e. The van der Waals surface area contributed by atoms with Crippen molar-refractivity contribution in [3.63, 3.8) is 0 Å². The number of ether oxygens (including phenoxy) is 2. The molecule has 2 saturated carbocycles. The smallest absolute Gasteiger partial charge is 0.433 e. The van der Waals surface area contributed by atoms with E-state index in [9.17, 15) is 64.7 Å². The number of rotatable bonds is 20. The molecule has 33 heteroatoms. The Hall–Kier alpha value is -11.4. The van der Waals surface area contributed by atoms with E-state index in [1.54, 1.807) is 47.5 Å². The number of imidazole rings is 2. The highest BCUT2D eigenvalue weighted by atomic mass is 19.4. The van der Waals surface area contributed by atoms with Gasteiger partial charge in [0.1, 0.15) is 53.0 Å². The lowest BCUT2D eigenvalue weighted by molar-refractivity contribution is -0.142. The molecule has 118 heavy (non-hydrogen) atoms. The second-order valence-corrected chi connectivity index (χ2v) is 32.9. The van der Waals surface area contributed by atoms with Crippen molar-refractivity contribution in [3.05, 3.63) is 158 Å². The summed E-state index contributed by atoms with van der Waals surface area (Å²) in [5.41, 5.74) is 3.57. The van der Waals surface area contributed by atoms with Crippen LogP contribution >= 0.6 is 0 Å². The van der Waals surface area contributed by atoms with Gasteiger partial charge in [0.25, 0.3) is 11.8 Å². The normalized spacial score (nSPS) is 20.9. The Balaban J connectivity index is 0.570. The number of para-hydroxylation sites is 1. The van der Waals surface area contributed by atoms with Gasteiger partial charge < -0.3 is 44.3 Å². The van der Waals surface area contributed by atoms with Gasteiger partial charge >= 0.3 is 23.7 Å². The van der Waals surface area contributed by atoms with Crippen molar-refractivity contribution in [2.75, 3.05) is 80.9 Å². The number of piperidine rings is 4. The quantitative estimate of drug-likeness (QED) is 0.0407. The van der Waals surface area contributed by atoms with Gasteiger partial charge in [-0.05, 0) is 189 Å². The number of halogens is 6. The van der Waals surface area contributed by atoms with E-state index < -0.39 is 77.4 Å². The zero-order valence-corrected chi connectivity index (χ0v) is 66.8. The minimum atomic E-state index is -4.98. The Morgan fingerprint density at radius 2 is 1.13 bits per heavy atom. The molecule has 6 fully saturated rings. The van der Waals surface area contributed by atoms with Gasteiger partial charge in [-0.2, -0.15) is 31.4 Å². The summed E-state index contributed by atoms with van der Waals surface area (Å²) >= 11 is 0. The molecule has 4 aromatic carbocycles. The van der Waals surface area contributed by atoms with Crippen LogP contribution in [0.1, 0.15) is 176 Å². The molecule has 4 aliphatic heterocycles. The average Bonchev–Trinajstić information content (AvgIpc) is 1.59. The number of carbonyl (C=O) groups excluding carboxylic acids is 6. The monoisotopic (exact) mass is 1630 g/mol. The number of hydrogen-bond donors (Lipinski definition) is 4. The molecule has 16 rings (SSSR count). The maximum atomic E-state index is 14.7. The molecule has 2 aliphatic carbocycles. The Morgan fingerprint density at radius 1 is 0.568 bits per heavy atom. The summed E-state index contributed by atoms with van der Waals surface area (Å²) in [6.45, 7) is 6.33. The van der Waals surface area contributed by atoms with Crippen LogP contribution < -0.4 is 51.9 Å². The van der Waals surface area contributed by atoms with Gasteiger partial charge in [0.15, 0.2) is 0 Å². The number of nitrogens with one attached hydrogen (secondary N) is 4. The van der Waals surface area contributed by atoms with E-state index in [1.807, 2.05) is 65.8 Å². The van der Waals surface area contributed by atoms with E-state index >= 15 is 0 Å². The first-order valence-corrected chi connectivity index (χ1v) is 40.5. The number of pyridine rings is 2. The van der Waals surface area contributed by atoms with E-state index in [4.69, 9.17) is 14.6 Å². The van der Waals surface area contributed by atoms with Crippen molar-refractivity contribution in [2.45, 2.75) is 165 Å². The standard InChI is InChI=1S/C85H95F6N17O10/c1-47-14-24-63-77(103(6)83(116)108(63)65-26-29-73(110)97-80(65)113)75(47)105-36-32-55(33-37-105)100(3)44-49-17-22-56(23-18-49)106-45-53-39-59(68(117-7)41-58(53)98-106)94-81(114)74-51(21-27-71(95-74)85(89,90)91)46-118-69-42-67-52(38-60(69)93-78(111)57-10-8-13-70(92-57)84(86,87)88)40-66(101(67)4)50-19-15-48(16-20-50)43-99(2)54-30-34-104(35-31-54)61-11-9-12-62-76(61)102(5)82(115)107(62)64-25-28-72(109)96-79(64)112/h8-14,21,24,27,38-42,45,48-50,54-56,64-65H,15-20,22-23,25-26,28-37,43-44,46H2,1-7H3,(H,93,111)(H,94,114)(H,96,109,112)(H,97,110,113). The van der Waals surface area contributed by atoms with Gasteiger partial charge in [-0.3, -0.25) is 62.4 Å². The lowest BCUT2D eigenvalue weighted by atomic mass is 9.80. The molecule has 4 N–H and O–H groups in total. The molecule has 0 radical (unpaired) electrons. The van der Waals surface area contributed by atoms with E-state index in [0.29, 0.717) is 56.8 Å².